The lowest BCUT2D eigenvalue weighted by Crippen LogP contribution is -2.43. The van der Waals surface area contributed by atoms with E-state index in [1.165, 1.54) is 6.07 Å². The molecule has 1 aliphatic carbocycles. The molecule has 0 aromatic carbocycles. The van der Waals surface area contributed by atoms with Crippen molar-refractivity contribution in [3.8, 4) is 0 Å². The van der Waals surface area contributed by atoms with Gasteiger partial charge in [-0.3, -0.25) is 14.9 Å². The highest BCUT2D eigenvalue weighted by Gasteiger charge is 2.44. The van der Waals surface area contributed by atoms with Gasteiger partial charge in [-0.1, -0.05) is 6.42 Å². The van der Waals surface area contributed by atoms with Gasteiger partial charge in [0.2, 0.25) is 5.82 Å². The van der Waals surface area contributed by atoms with Crippen molar-refractivity contribution in [1.82, 2.24) is 4.98 Å². The Hall–Kier alpha value is -2.18. The van der Waals surface area contributed by atoms with Gasteiger partial charge >= 0.3 is 11.7 Å². The van der Waals surface area contributed by atoms with Crippen LogP contribution < -0.4 is 5.32 Å². The Morgan fingerprint density at radius 1 is 1.58 bits per heavy atom. The molecule has 0 bridgehead atoms. The second-order valence-corrected chi connectivity index (χ2v) is 4.87. The lowest BCUT2D eigenvalue weighted by atomic mass is 9.69. The van der Waals surface area contributed by atoms with Gasteiger partial charge < -0.3 is 10.4 Å². The zero-order chi connectivity index (χ0) is 14.0. The minimum absolute atomic E-state index is 0.134. The summed E-state index contributed by atoms with van der Waals surface area (Å²) in [6.45, 7) is 1.89. The Morgan fingerprint density at radius 3 is 2.74 bits per heavy atom. The summed E-state index contributed by atoms with van der Waals surface area (Å²) in [6.07, 6.45) is 2.06. The molecule has 1 fully saturated rings. The van der Waals surface area contributed by atoms with E-state index < -0.39 is 16.3 Å². The van der Waals surface area contributed by atoms with Crippen LogP contribution in [0.2, 0.25) is 0 Å². The van der Waals surface area contributed by atoms with Crippen LogP contribution in [0.4, 0.5) is 11.5 Å². The third kappa shape index (κ3) is 2.49. The standard InChI is InChI=1S/C12H15N3O4/c1-8-3-4-9(15(18)19)10(14-8)13-7-12(11(16)17)5-2-6-12/h3-4H,2,5-7H2,1H3,(H,13,14)(H,16,17). The second-order valence-electron chi connectivity index (χ2n) is 4.87. The first-order chi connectivity index (χ1) is 8.94. The van der Waals surface area contributed by atoms with Crippen molar-refractivity contribution < 1.29 is 14.8 Å². The average Bonchev–Trinajstić information content (AvgIpc) is 2.26. The number of aryl methyl sites for hydroxylation is 1. The number of nitrogens with zero attached hydrogens (tertiary/aromatic N) is 2. The number of pyridine rings is 1. The molecule has 1 aromatic rings. The van der Waals surface area contributed by atoms with Crippen molar-refractivity contribution in [2.45, 2.75) is 26.2 Å². The van der Waals surface area contributed by atoms with E-state index in [-0.39, 0.29) is 18.1 Å². The highest BCUT2D eigenvalue weighted by molar-refractivity contribution is 5.76. The van der Waals surface area contributed by atoms with Crippen LogP contribution in [0.1, 0.15) is 25.0 Å². The number of aliphatic carboxylic acids is 1. The molecule has 2 N–H and O–H groups in total. The molecular formula is C12H15N3O4. The predicted molar refractivity (Wildman–Crippen MR) is 68.0 cm³/mol. The molecule has 1 aliphatic rings. The summed E-state index contributed by atoms with van der Waals surface area (Å²) < 4.78 is 0. The SMILES string of the molecule is Cc1ccc([N+](=O)[O-])c(NCC2(C(=O)O)CCC2)n1. The summed E-state index contributed by atoms with van der Waals surface area (Å²) in [5.74, 6) is -0.723. The quantitative estimate of drug-likeness (QED) is 0.622. The van der Waals surface area contributed by atoms with Crippen LogP contribution in [0.25, 0.3) is 0 Å². The van der Waals surface area contributed by atoms with Gasteiger partial charge in [0, 0.05) is 18.3 Å². The molecule has 1 saturated carbocycles. The molecule has 7 nitrogen and oxygen atoms in total. The maximum atomic E-state index is 11.2. The maximum absolute atomic E-state index is 11.2. The number of nitro groups is 1. The smallest absolute Gasteiger partial charge is 0.311 e. The topological polar surface area (TPSA) is 105 Å². The van der Waals surface area contributed by atoms with Crippen LogP contribution in [-0.2, 0) is 4.79 Å². The van der Waals surface area contributed by atoms with Crippen molar-refractivity contribution in [2.24, 2.45) is 5.41 Å². The Bertz CT molecular complexity index is 526. The number of carboxylic acid groups (broad SMARTS) is 1. The van der Waals surface area contributed by atoms with Crippen LogP contribution >= 0.6 is 0 Å². The maximum Gasteiger partial charge on any atom is 0.311 e. The molecule has 1 aromatic heterocycles. The van der Waals surface area contributed by atoms with E-state index in [0.29, 0.717) is 18.5 Å². The number of hydrogen-bond acceptors (Lipinski definition) is 5. The molecule has 0 unspecified atom stereocenters. The molecular weight excluding hydrogens is 250 g/mol. The molecule has 102 valence electrons. The van der Waals surface area contributed by atoms with E-state index in [9.17, 15) is 20.0 Å². The minimum atomic E-state index is -0.860. The molecule has 0 spiro atoms. The molecule has 0 aliphatic heterocycles. The van der Waals surface area contributed by atoms with Crippen LogP contribution in [0, 0.1) is 22.5 Å². The van der Waals surface area contributed by atoms with Crippen molar-refractivity contribution >= 4 is 17.5 Å². The van der Waals surface area contributed by atoms with Crippen LogP contribution in [0.5, 0.6) is 0 Å². The number of rotatable bonds is 5. The van der Waals surface area contributed by atoms with E-state index in [2.05, 4.69) is 10.3 Å². The first-order valence-electron chi connectivity index (χ1n) is 6.04. The average molecular weight is 265 g/mol. The highest BCUT2D eigenvalue weighted by atomic mass is 16.6. The minimum Gasteiger partial charge on any atom is -0.481 e. The summed E-state index contributed by atoms with van der Waals surface area (Å²) in [5.41, 5.74) is -0.296. The predicted octanol–water partition coefficient (Wildman–Crippen LogP) is 1.97. The summed E-state index contributed by atoms with van der Waals surface area (Å²) >= 11 is 0. The fourth-order valence-electron chi connectivity index (χ4n) is 2.15. The number of hydrogen-bond donors (Lipinski definition) is 2. The van der Waals surface area contributed by atoms with Crippen LogP contribution in [0.15, 0.2) is 12.1 Å². The van der Waals surface area contributed by atoms with Crippen molar-refractivity contribution in [3.05, 3.63) is 27.9 Å². The van der Waals surface area contributed by atoms with Gasteiger partial charge in [0.05, 0.1) is 10.3 Å². The number of nitrogens with one attached hydrogen (secondary N) is 1. The van der Waals surface area contributed by atoms with E-state index >= 15 is 0 Å². The molecule has 7 heteroatoms. The highest BCUT2D eigenvalue weighted by Crippen LogP contribution is 2.41. The van der Waals surface area contributed by atoms with Gasteiger partial charge in [0.1, 0.15) is 0 Å². The van der Waals surface area contributed by atoms with E-state index in [1.54, 1.807) is 13.0 Å². The van der Waals surface area contributed by atoms with E-state index in [4.69, 9.17) is 0 Å². The fourth-order valence-corrected chi connectivity index (χ4v) is 2.15. The van der Waals surface area contributed by atoms with Gasteiger partial charge in [0.15, 0.2) is 0 Å². The zero-order valence-corrected chi connectivity index (χ0v) is 10.5. The fraction of sp³-hybridized carbons (Fsp3) is 0.500. The normalized spacial score (nSPS) is 16.5. The molecule has 2 rings (SSSR count). The van der Waals surface area contributed by atoms with E-state index in [1.807, 2.05) is 0 Å². The summed E-state index contributed by atoms with van der Waals surface area (Å²) in [7, 11) is 0. The Balaban J connectivity index is 2.17. The second kappa shape index (κ2) is 4.83. The Morgan fingerprint density at radius 2 is 2.26 bits per heavy atom. The summed E-state index contributed by atoms with van der Waals surface area (Å²) in [6, 6.07) is 2.93. The lowest BCUT2D eigenvalue weighted by Gasteiger charge is -2.37. The van der Waals surface area contributed by atoms with E-state index in [0.717, 1.165) is 6.42 Å². The number of carboxylic acids is 1. The lowest BCUT2D eigenvalue weighted by molar-refractivity contribution is -0.384. The number of anilines is 1. The Kier molecular flexibility index (Phi) is 3.37. The third-order valence-electron chi connectivity index (χ3n) is 3.57. The summed E-state index contributed by atoms with van der Waals surface area (Å²) in [5, 5.41) is 22.9. The monoisotopic (exact) mass is 265 g/mol. The van der Waals surface area contributed by atoms with Gasteiger partial charge in [-0.25, -0.2) is 4.98 Å². The molecule has 19 heavy (non-hydrogen) atoms. The number of aromatic nitrogens is 1. The van der Waals surface area contributed by atoms with Gasteiger partial charge in [-0.2, -0.15) is 0 Å². The largest absolute Gasteiger partial charge is 0.481 e. The molecule has 0 atom stereocenters. The van der Waals surface area contributed by atoms with Gasteiger partial charge in [0.25, 0.3) is 0 Å². The first-order valence-corrected chi connectivity index (χ1v) is 6.04. The molecule has 1 heterocycles. The first kappa shape index (κ1) is 13.3. The number of carbonyl (C=O) groups is 1. The van der Waals surface area contributed by atoms with Crippen molar-refractivity contribution in [3.63, 3.8) is 0 Å². The molecule has 0 amide bonds. The molecule has 0 saturated heterocycles. The molecule has 0 radical (unpaired) electrons. The Labute approximate surface area is 109 Å². The van der Waals surface area contributed by atoms with Gasteiger partial charge in [-0.15, -0.1) is 0 Å². The van der Waals surface area contributed by atoms with Crippen molar-refractivity contribution in [2.75, 3.05) is 11.9 Å². The van der Waals surface area contributed by atoms with Gasteiger partial charge in [-0.05, 0) is 25.8 Å². The van der Waals surface area contributed by atoms with Crippen LogP contribution in [0.3, 0.4) is 0 Å². The summed E-state index contributed by atoms with van der Waals surface area (Å²) in [4.78, 5) is 25.6. The van der Waals surface area contributed by atoms with Crippen LogP contribution in [-0.4, -0.2) is 27.5 Å². The van der Waals surface area contributed by atoms with Crippen molar-refractivity contribution in [1.29, 1.82) is 0 Å². The zero-order valence-electron chi connectivity index (χ0n) is 10.5. The third-order valence-corrected chi connectivity index (χ3v) is 3.57.